The molecule has 4 nitrogen and oxygen atoms in total. The molecule has 1 unspecified atom stereocenters. The van der Waals surface area contributed by atoms with Crippen LogP contribution >= 0.6 is 27.7 Å². The van der Waals surface area contributed by atoms with Gasteiger partial charge in [-0.3, -0.25) is 4.79 Å². The molecule has 0 spiro atoms. The number of rotatable bonds is 8. The lowest BCUT2D eigenvalue weighted by atomic mass is 10.1. The molecule has 0 bridgehead atoms. The highest BCUT2D eigenvalue weighted by atomic mass is 79.9. The predicted octanol–water partition coefficient (Wildman–Crippen LogP) is 2.29. The summed E-state index contributed by atoms with van der Waals surface area (Å²) in [6, 6.07) is 7.84. The molecule has 1 saturated heterocycles. The molecule has 1 fully saturated rings. The minimum Gasteiger partial charge on any atom is -0.493 e. The van der Waals surface area contributed by atoms with Crippen LogP contribution < -0.4 is 15.4 Å². The monoisotopic (exact) mass is 372 g/mol. The lowest BCUT2D eigenvalue weighted by Crippen LogP contribution is -2.33. The van der Waals surface area contributed by atoms with E-state index in [1.807, 2.05) is 24.3 Å². The third-order valence-corrected chi connectivity index (χ3v) is 4.71. The Labute approximate surface area is 138 Å². The van der Waals surface area contributed by atoms with E-state index >= 15 is 0 Å². The number of hydrogen-bond acceptors (Lipinski definition) is 4. The Morgan fingerprint density at radius 3 is 3.14 bits per heavy atom. The molecule has 1 amide bonds. The molecule has 1 aliphatic rings. The van der Waals surface area contributed by atoms with Gasteiger partial charge in [0.1, 0.15) is 5.75 Å². The Morgan fingerprint density at radius 1 is 1.48 bits per heavy atom. The summed E-state index contributed by atoms with van der Waals surface area (Å²) >= 11 is 5.21. The second-order valence-corrected chi connectivity index (χ2v) is 7.04. The van der Waals surface area contributed by atoms with E-state index in [2.05, 4.69) is 26.6 Å². The number of ether oxygens (including phenoxy) is 1. The van der Waals surface area contributed by atoms with E-state index in [1.165, 1.54) is 0 Å². The van der Waals surface area contributed by atoms with Crippen LogP contribution in [0.5, 0.6) is 5.75 Å². The zero-order valence-electron chi connectivity index (χ0n) is 11.9. The molecule has 0 saturated carbocycles. The number of amides is 1. The summed E-state index contributed by atoms with van der Waals surface area (Å²) < 4.78 is 6.67. The molecular formula is C15H21BrN2O2S. The summed E-state index contributed by atoms with van der Waals surface area (Å²) in [6.45, 7) is 3.19. The molecule has 1 atom stereocenters. The van der Waals surface area contributed by atoms with E-state index in [9.17, 15) is 4.79 Å². The Hall–Kier alpha value is -0.720. The van der Waals surface area contributed by atoms with Crippen LogP contribution in [0.15, 0.2) is 28.7 Å². The SMILES string of the molecule is O=C(NCCSCCOc1cccc(Br)c1)C1CCNC1. The number of carbonyl (C=O) groups excluding carboxylic acids is 1. The first kappa shape index (κ1) is 16.6. The quantitative estimate of drug-likeness (QED) is 0.687. The van der Waals surface area contributed by atoms with E-state index < -0.39 is 0 Å². The van der Waals surface area contributed by atoms with Crippen molar-refractivity contribution in [1.29, 1.82) is 0 Å². The number of halogens is 1. The maximum absolute atomic E-state index is 11.8. The number of nitrogens with one attached hydrogen (secondary N) is 2. The van der Waals surface area contributed by atoms with Crippen molar-refractivity contribution in [2.45, 2.75) is 6.42 Å². The number of hydrogen-bond donors (Lipinski definition) is 2. The van der Waals surface area contributed by atoms with Crippen LogP contribution in [0.4, 0.5) is 0 Å². The first-order valence-electron chi connectivity index (χ1n) is 7.20. The van der Waals surface area contributed by atoms with Crippen LogP contribution in [0.2, 0.25) is 0 Å². The van der Waals surface area contributed by atoms with Gasteiger partial charge in [0.2, 0.25) is 5.91 Å². The normalized spacial score (nSPS) is 17.7. The average Bonchev–Trinajstić information content (AvgIpc) is 3.00. The van der Waals surface area contributed by atoms with Crippen molar-refractivity contribution >= 4 is 33.6 Å². The summed E-state index contributed by atoms with van der Waals surface area (Å²) in [5.74, 6) is 3.08. The van der Waals surface area contributed by atoms with Crippen molar-refractivity contribution in [2.24, 2.45) is 5.92 Å². The largest absolute Gasteiger partial charge is 0.493 e. The van der Waals surface area contributed by atoms with Gasteiger partial charge in [-0.2, -0.15) is 11.8 Å². The zero-order chi connectivity index (χ0) is 14.9. The molecule has 0 aliphatic carbocycles. The smallest absolute Gasteiger partial charge is 0.224 e. The lowest BCUT2D eigenvalue weighted by Gasteiger charge is -2.10. The molecule has 0 aromatic heterocycles. The van der Waals surface area contributed by atoms with Gasteiger partial charge in [-0.15, -0.1) is 0 Å². The fourth-order valence-corrected chi connectivity index (χ4v) is 3.18. The highest BCUT2D eigenvalue weighted by molar-refractivity contribution is 9.10. The molecule has 2 N–H and O–H groups in total. The molecule has 1 aromatic carbocycles. The highest BCUT2D eigenvalue weighted by Crippen LogP contribution is 2.17. The van der Waals surface area contributed by atoms with E-state index in [0.717, 1.165) is 47.8 Å². The number of thioether (sulfide) groups is 1. The Kier molecular flexibility index (Phi) is 7.39. The molecular weight excluding hydrogens is 352 g/mol. The first-order chi connectivity index (χ1) is 10.3. The van der Waals surface area contributed by atoms with Gasteiger partial charge in [-0.25, -0.2) is 0 Å². The molecule has 0 radical (unpaired) electrons. The van der Waals surface area contributed by atoms with Crippen LogP contribution in [0.25, 0.3) is 0 Å². The van der Waals surface area contributed by atoms with Crippen molar-refractivity contribution in [1.82, 2.24) is 10.6 Å². The zero-order valence-corrected chi connectivity index (χ0v) is 14.3. The van der Waals surface area contributed by atoms with E-state index in [-0.39, 0.29) is 11.8 Å². The fourth-order valence-electron chi connectivity index (χ4n) is 2.15. The minimum atomic E-state index is 0.162. The van der Waals surface area contributed by atoms with Crippen LogP contribution in [-0.2, 0) is 4.79 Å². The Morgan fingerprint density at radius 2 is 2.38 bits per heavy atom. The van der Waals surface area contributed by atoms with Gasteiger partial charge < -0.3 is 15.4 Å². The molecule has 116 valence electrons. The van der Waals surface area contributed by atoms with Crippen LogP contribution in [-0.4, -0.2) is 43.7 Å². The van der Waals surface area contributed by atoms with Crippen molar-refractivity contribution in [3.05, 3.63) is 28.7 Å². The topological polar surface area (TPSA) is 50.4 Å². The molecule has 1 aliphatic heterocycles. The van der Waals surface area contributed by atoms with E-state index in [0.29, 0.717) is 6.61 Å². The molecule has 6 heteroatoms. The lowest BCUT2D eigenvalue weighted by molar-refractivity contribution is -0.124. The van der Waals surface area contributed by atoms with Gasteiger partial charge in [0.15, 0.2) is 0 Å². The molecule has 2 rings (SSSR count). The maximum Gasteiger partial charge on any atom is 0.224 e. The third kappa shape index (κ3) is 6.28. The Bertz CT molecular complexity index is 453. The second kappa shape index (κ2) is 9.33. The van der Waals surface area contributed by atoms with E-state index in [4.69, 9.17) is 4.74 Å². The number of carbonyl (C=O) groups is 1. The fraction of sp³-hybridized carbons (Fsp3) is 0.533. The van der Waals surface area contributed by atoms with Crippen LogP contribution in [0, 0.1) is 5.92 Å². The summed E-state index contributed by atoms with van der Waals surface area (Å²) in [4.78, 5) is 11.8. The van der Waals surface area contributed by atoms with Gasteiger partial charge in [0, 0.05) is 29.1 Å². The van der Waals surface area contributed by atoms with Gasteiger partial charge >= 0.3 is 0 Å². The van der Waals surface area contributed by atoms with Gasteiger partial charge in [0.05, 0.1) is 12.5 Å². The third-order valence-electron chi connectivity index (χ3n) is 3.27. The average molecular weight is 373 g/mol. The van der Waals surface area contributed by atoms with Crippen molar-refractivity contribution in [3.8, 4) is 5.75 Å². The Balaban J connectivity index is 1.47. The van der Waals surface area contributed by atoms with Crippen molar-refractivity contribution in [3.63, 3.8) is 0 Å². The minimum absolute atomic E-state index is 0.162. The maximum atomic E-state index is 11.8. The number of benzene rings is 1. The molecule has 1 heterocycles. The summed E-state index contributed by atoms with van der Waals surface area (Å²) in [5, 5.41) is 6.20. The van der Waals surface area contributed by atoms with Gasteiger partial charge in [0.25, 0.3) is 0 Å². The summed E-state index contributed by atoms with van der Waals surface area (Å²) in [6.07, 6.45) is 0.958. The molecule has 1 aromatic rings. The van der Waals surface area contributed by atoms with E-state index in [1.54, 1.807) is 11.8 Å². The van der Waals surface area contributed by atoms with Crippen molar-refractivity contribution in [2.75, 3.05) is 37.7 Å². The summed E-state index contributed by atoms with van der Waals surface area (Å²) in [5.41, 5.74) is 0. The standard InChI is InChI=1S/C15H21BrN2O2S/c16-13-2-1-3-14(10-13)20-7-9-21-8-6-18-15(19)12-4-5-17-11-12/h1-3,10,12,17H,4-9,11H2,(H,18,19). The van der Waals surface area contributed by atoms with Crippen LogP contribution in [0.3, 0.4) is 0 Å². The second-order valence-electron chi connectivity index (χ2n) is 4.90. The first-order valence-corrected chi connectivity index (χ1v) is 9.15. The predicted molar refractivity (Wildman–Crippen MR) is 90.9 cm³/mol. The summed E-state index contributed by atoms with van der Waals surface area (Å²) in [7, 11) is 0. The molecule has 21 heavy (non-hydrogen) atoms. The van der Waals surface area contributed by atoms with Gasteiger partial charge in [-0.1, -0.05) is 22.0 Å². The highest BCUT2D eigenvalue weighted by Gasteiger charge is 2.21. The van der Waals surface area contributed by atoms with Gasteiger partial charge in [-0.05, 0) is 31.2 Å². The van der Waals surface area contributed by atoms with Crippen molar-refractivity contribution < 1.29 is 9.53 Å². The van der Waals surface area contributed by atoms with Crippen LogP contribution in [0.1, 0.15) is 6.42 Å².